The number of rotatable bonds is 2. The van der Waals surface area contributed by atoms with Gasteiger partial charge in [-0.1, -0.05) is 119 Å². The predicted molar refractivity (Wildman–Crippen MR) is 129 cm³/mol. The molecule has 5 aromatic carbocycles. The van der Waals surface area contributed by atoms with Gasteiger partial charge in [0.1, 0.15) is 0 Å². The van der Waals surface area contributed by atoms with Crippen molar-refractivity contribution in [3.8, 4) is 11.1 Å². The standard InChI is InChI=1S/C29H19Br/c30-22-17-18-28-25(19-22)24-14-6-7-15-27(24)29(28,21-11-2-1-3-12-21)26-16-8-10-20-9-4-5-13-23(20)26/h1-19H. The molecule has 0 radical (unpaired) electrons. The monoisotopic (exact) mass is 446 g/mol. The first-order chi connectivity index (χ1) is 14.8. The van der Waals surface area contributed by atoms with Crippen LogP contribution in [0.5, 0.6) is 0 Å². The van der Waals surface area contributed by atoms with E-state index in [1.165, 1.54) is 44.2 Å². The van der Waals surface area contributed by atoms with E-state index in [1.54, 1.807) is 0 Å². The van der Waals surface area contributed by atoms with Gasteiger partial charge < -0.3 is 0 Å². The summed E-state index contributed by atoms with van der Waals surface area (Å²) in [4.78, 5) is 0. The summed E-state index contributed by atoms with van der Waals surface area (Å²) in [6.07, 6.45) is 0. The molecule has 1 aliphatic rings. The van der Waals surface area contributed by atoms with Crippen LogP contribution >= 0.6 is 15.9 Å². The lowest BCUT2D eigenvalue weighted by molar-refractivity contribution is 0.776. The first kappa shape index (κ1) is 17.7. The third-order valence-electron chi connectivity index (χ3n) is 6.41. The predicted octanol–water partition coefficient (Wildman–Crippen LogP) is 7.97. The van der Waals surface area contributed by atoms with Crippen molar-refractivity contribution >= 4 is 26.7 Å². The summed E-state index contributed by atoms with van der Waals surface area (Å²) in [6.45, 7) is 0. The van der Waals surface area contributed by atoms with Gasteiger partial charge in [-0.25, -0.2) is 0 Å². The number of fused-ring (bicyclic) bond motifs is 4. The van der Waals surface area contributed by atoms with E-state index >= 15 is 0 Å². The zero-order valence-electron chi connectivity index (χ0n) is 16.3. The van der Waals surface area contributed by atoms with Gasteiger partial charge in [-0.15, -0.1) is 0 Å². The number of hydrogen-bond donors (Lipinski definition) is 0. The Morgan fingerprint density at radius 3 is 2.07 bits per heavy atom. The minimum absolute atomic E-state index is 0.352. The molecule has 1 aliphatic carbocycles. The lowest BCUT2D eigenvalue weighted by Gasteiger charge is -2.34. The van der Waals surface area contributed by atoms with Crippen molar-refractivity contribution in [1.29, 1.82) is 0 Å². The van der Waals surface area contributed by atoms with E-state index in [1.807, 2.05) is 0 Å². The minimum atomic E-state index is -0.352. The van der Waals surface area contributed by atoms with E-state index < -0.39 is 0 Å². The van der Waals surface area contributed by atoms with E-state index in [4.69, 9.17) is 0 Å². The van der Waals surface area contributed by atoms with E-state index in [2.05, 4.69) is 131 Å². The normalized spacial score (nSPS) is 17.0. The van der Waals surface area contributed by atoms with E-state index in [0.29, 0.717) is 0 Å². The molecule has 0 nitrogen and oxygen atoms in total. The molecule has 6 rings (SSSR count). The average Bonchev–Trinajstić information content (AvgIpc) is 3.10. The maximum atomic E-state index is 3.71. The van der Waals surface area contributed by atoms with Gasteiger partial charge in [-0.05, 0) is 56.3 Å². The third kappa shape index (κ3) is 2.33. The molecule has 30 heavy (non-hydrogen) atoms. The lowest BCUT2D eigenvalue weighted by atomic mass is 9.66. The van der Waals surface area contributed by atoms with Crippen molar-refractivity contribution in [1.82, 2.24) is 0 Å². The molecule has 0 aliphatic heterocycles. The van der Waals surface area contributed by atoms with Gasteiger partial charge >= 0.3 is 0 Å². The van der Waals surface area contributed by atoms with Crippen LogP contribution in [0, 0.1) is 0 Å². The first-order valence-corrected chi connectivity index (χ1v) is 11.0. The highest BCUT2D eigenvalue weighted by atomic mass is 79.9. The number of benzene rings is 5. The Hall–Kier alpha value is -3.16. The number of halogens is 1. The van der Waals surface area contributed by atoms with Gasteiger partial charge in [0.25, 0.3) is 0 Å². The fourth-order valence-electron chi connectivity index (χ4n) is 5.25. The van der Waals surface area contributed by atoms with Gasteiger partial charge in [0.05, 0.1) is 5.41 Å². The van der Waals surface area contributed by atoms with Crippen molar-refractivity contribution in [2.75, 3.05) is 0 Å². The van der Waals surface area contributed by atoms with Gasteiger partial charge in [0.2, 0.25) is 0 Å². The SMILES string of the molecule is Brc1ccc2c(c1)-c1ccccc1C2(c1ccccc1)c1cccc2ccccc12. The third-order valence-corrected chi connectivity index (χ3v) is 6.90. The second-order valence-electron chi connectivity index (χ2n) is 7.88. The molecule has 0 fully saturated rings. The molecule has 0 N–H and O–H groups in total. The highest BCUT2D eigenvalue weighted by molar-refractivity contribution is 9.10. The Labute approximate surface area is 185 Å². The molecule has 0 aromatic heterocycles. The zero-order chi connectivity index (χ0) is 20.1. The second-order valence-corrected chi connectivity index (χ2v) is 8.79. The van der Waals surface area contributed by atoms with E-state index in [0.717, 1.165) is 4.47 Å². The molecule has 0 saturated heterocycles. The maximum absolute atomic E-state index is 3.71. The van der Waals surface area contributed by atoms with Crippen LogP contribution in [0.4, 0.5) is 0 Å². The van der Waals surface area contributed by atoms with Crippen LogP contribution in [-0.2, 0) is 5.41 Å². The van der Waals surface area contributed by atoms with Gasteiger partial charge in [-0.3, -0.25) is 0 Å². The van der Waals surface area contributed by atoms with Crippen LogP contribution in [0.15, 0.2) is 120 Å². The molecule has 0 spiro atoms. The Kier molecular flexibility index (Phi) is 3.94. The molecule has 0 heterocycles. The zero-order valence-corrected chi connectivity index (χ0v) is 17.9. The van der Waals surface area contributed by atoms with Gasteiger partial charge in [0.15, 0.2) is 0 Å². The fraction of sp³-hybridized carbons (Fsp3) is 0.0345. The van der Waals surface area contributed by atoms with Crippen molar-refractivity contribution < 1.29 is 0 Å². The molecule has 0 saturated carbocycles. The van der Waals surface area contributed by atoms with Crippen LogP contribution in [0.1, 0.15) is 22.3 Å². The topological polar surface area (TPSA) is 0 Å². The van der Waals surface area contributed by atoms with Crippen LogP contribution in [0.2, 0.25) is 0 Å². The smallest absolute Gasteiger partial charge is 0.0622 e. The Balaban J connectivity index is 1.85. The minimum Gasteiger partial charge on any atom is -0.0622 e. The van der Waals surface area contributed by atoms with Crippen molar-refractivity contribution in [2.45, 2.75) is 5.41 Å². The summed E-state index contributed by atoms with van der Waals surface area (Å²) >= 11 is 3.71. The Morgan fingerprint density at radius 1 is 0.500 bits per heavy atom. The fourth-order valence-corrected chi connectivity index (χ4v) is 5.61. The van der Waals surface area contributed by atoms with Crippen LogP contribution in [0.3, 0.4) is 0 Å². The Bertz CT molecular complexity index is 1400. The molecule has 142 valence electrons. The summed E-state index contributed by atoms with van der Waals surface area (Å²) in [5.74, 6) is 0. The summed E-state index contributed by atoms with van der Waals surface area (Å²) in [5.41, 5.74) is 7.59. The highest BCUT2D eigenvalue weighted by Crippen LogP contribution is 2.57. The van der Waals surface area contributed by atoms with Gasteiger partial charge in [-0.2, -0.15) is 0 Å². The molecule has 1 heteroatoms. The largest absolute Gasteiger partial charge is 0.0719 e. The molecule has 0 bridgehead atoms. The molecular weight excluding hydrogens is 428 g/mol. The van der Waals surface area contributed by atoms with Gasteiger partial charge in [0, 0.05) is 4.47 Å². The van der Waals surface area contributed by atoms with Crippen LogP contribution in [-0.4, -0.2) is 0 Å². The summed E-state index contributed by atoms with van der Waals surface area (Å²) in [5, 5.41) is 2.57. The lowest BCUT2D eigenvalue weighted by Crippen LogP contribution is -2.28. The van der Waals surface area contributed by atoms with E-state index in [9.17, 15) is 0 Å². The molecular formula is C29H19Br. The first-order valence-electron chi connectivity index (χ1n) is 10.2. The van der Waals surface area contributed by atoms with Crippen LogP contribution in [0.25, 0.3) is 21.9 Å². The van der Waals surface area contributed by atoms with E-state index in [-0.39, 0.29) is 5.41 Å². The molecule has 0 amide bonds. The quantitative estimate of drug-likeness (QED) is 0.253. The van der Waals surface area contributed by atoms with Crippen molar-refractivity contribution in [2.24, 2.45) is 0 Å². The summed E-state index contributed by atoms with van der Waals surface area (Å²) < 4.78 is 1.11. The Morgan fingerprint density at radius 2 is 1.17 bits per heavy atom. The maximum Gasteiger partial charge on any atom is 0.0719 e. The second kappa shape index (κ2) is 6.68. The van der Waals surface area contributed by atoms with Crippen LogP contribution < -0.4 is 0 Å². The van der Waals surface area contributed by atoms with Crippen molar-refractivity contribution in [3.05, 3.63) is 142 Å². The average molecular weight is 447 g/mol. The highest BCUT2D eigenvalue weighted by Gasteiger charge is 2.46. The number of hydrogen-bond acceptors (Lipinski definition) is 0. The summed E-state index contributed by atoms with van der Waals surface area (Å²) in [7, 11) is 0. The van der Waals surface area contributed by atoms with Crippen molar-refractivity contribution in [3.63, 3.8) is 0 Å². The molecule has 1 atom stereocenters. The molecule has 1 unspecified atom stereocenters. The molecule has 5 aromatic rings. The summed E-state index contributed by atoms with van der Waals surface area (Å²) in [6, 6.07) is 42.0.